The first-order chi connectivity index (χ1) is 12.7. The number of aryl methyl sites for hydroxylation is 1. The number of thiophene rings is 1. The fourth-order valence-electron chi connectivity index (χ4n) is 3.40. The van der Waals surface area contributed by atoms with Crippen molar-refractivity contribution in [1.82, 2.24) is 9.97 Å². The van der Waals surface area contributed by atoms with Gasteiger partial charge in [-0.15, -0.1) is 11.3 Å². The molecule has 0 saturated carbocycles. The van der Waals surface area contributed by atoms with E-state index in [4.69, 9.17) is 15.5 Å². The van der Waals surface area contributed by atoms with Gasteiger partial charge in [0.2, 0.25) is 0 Å². The number of fused-ring (bicyclic) bond motifs is 3. The highest BCUT2D eigenvalue weighted by Crippen LogP contribution is 2.38. The van der Waals surface area contributed by atoms with Crippen molar-refractivity contribution in [2.45, 2.75) is 50.5 Å². The lowest BCUT2D eigenvalue weighted by atomic mass is 10.0. The summed E-state index contributed by atoms with van der Waals surface area (Å²) in [4.78, 5) is 11.6. The third-order valence-electron chi connectivity index (χ3n) is 4.70. The molecule has 3 aromatic rings. The lowest BCUT2D eigenvalue weighted by Crippen LogP contribution is -2.21. The predicted molar refractivity (Wildman–Crippen MR) is 110 cm³/mol. The number of hydrogen-bond donors (Lipinski definition) is 1. The maximum Gasteiger partial charge on any atom is 0.190 e. The van der Waals surface area contributed by atoms with Crippen molar-refractivity contribution in [3.8, 4) is 0 Å². The minimum atomic E-state index is 0.296. The van der Waals surface area contributed by atoms with Crippen LogP contribution in [0, 0.1) is 0 Å². The molecule has 1 aliphatic rings. The Labute approximate surface area is 162 Å². The summed E-state index contributed by atoms with van der Waals surface area (Å²) in [6.07, 6.45) is 4.45. The summed E-state index contributed by atoms with van der Waals surface area (Å²) in [5.74, 6) is 1.56. The van der Waals surface area contributed by atoms with Crippen molar-refractivity contribution in [2.24, 2.45) is 0 Å². The molecule has 0 fully saturated rings. The molecule has 1 atom stereocenters. The molecule has 0 radical (unpaired) electrons. The molecule has 26 heavy (non-hydrogen) atoms. The van der Waals surface area contributed by atoms with Gasteiger partial charge >= 0.3 is 0 Å². The van der Waals surface area contributed by atoms with E-state index in [9.17, 15) is 0 Å². The summed E-state index contributed by atoms with van der Waals surface area (Å²) in [6, 6.07) is 10.5. The number of anilines is 1. The lowest BCUT2D eigenvalue weighted by Gasteiger charge is -2.22. The highest BCUT2D eigenvalue weighted by Gasteiger charge is 2.25. The summed E-state index contributed by atoms with van der Waals surface area (Å²) >= 11 is 3.38. The van der Waals surface area contributed by atoms with E-state index in [2.05, 4.69) is 36.2 Å². The molecule has 0 aliphatic carbocycles. The van der Waals surface area contributed by atoms with Crippen LogP contribution < -0.4 is 5.73 Å². The fourth-order valence-corrected chi connectivity index (χ4v) is 5.43. The Morgan fingerprint density at radius 1 is 1.27 bits per heavy atom. The Kier molecular flexibility index (Phi) is 5.43. The Hall–Kier alpha value is -1.63. The summed E-state index contributed by atoms with van der Waals surface area (Å²) in [5.41, 5.74) is 8.98. The second kappa shape index (κ2) is 7.94. The van der Waals surface area contributed by atoms with Crippen LogP contribution >= 0.6 is 23.1 Å². The number of rotatable bonds is 6. The average Bonchev–Trinajstić information content (AvgIpc) is 3.01. The number of benzene rings is 1. The van der Waals surface area contributed by atoms with Crippen LogP contribution in [0.2, 0.25) is 0 Å². The molecule has 4 rings (SSSR count). The first kappa shape index (κ1) is 17.8. The van der Waals surface area contributed by atoms with Crippen LogP contribution in [-0.4, -0.2) is 21.8 Å². The maximum atomic E-state index is 6.33. The Morgan fingerprint density at radius 3 is 2.92 bits per heavy atom. The Bertz CT molecular complexity index is 895. The topological polar surface area (TPSA) is 61.0 Å². The third-order valence-corrected chi connectivity index (χ3v) is 6.65. The van der Waals surface area contributed by atoms with Gasteiger partial charge in [0.15, 0.2) is 5.16 Å². The number of ether oxygens (including phenoxy) is 1. The highest BCUT2D eigenvalue weighted by atomic mass is 32.2. The molecule has 0 spiro atoms. The molecule has 4 nitrogen and oxygen atoms in total. The van der Waals surface area contributed by atoms with Gasteiger partial charge in [0, 0.05) is 17.1 Å². The van der Waals surface area contributed by atoms with Crippen LogP contribution in [0.25, 0.3) is 10.2 Å². The first-order valence-corrected chi connectivity index (χ1v) is 10.9. The number of nitrogens with two attached hydrogens (primary N) is 1. The molecule has 2 N–H and O–H groups in total. The molecule has 0 unspecified atom stereocenters. The Morgan fingerprint density at radius 2 is 2.12 bits per heavy atom. The van der Waals surface area contributed by atoms with Gasteiger partial charge in [0.1, 0.15) is 10.6 Å². The summed E-state index contributed by atoms with van der Waals surface area (Å²) in [7, 11) is 0. The van der Waals surface area contributed by atoms with Gasteiger partial charge in [-0.3, -0.25) is 0 Å². The molecule has 136 valence electrons. The van der Waals surface area contributed by atoms with Crippen molar-refractivity contribution in [3.63, 3.8) is 0 Å². The molecule has 0 amide bonds. The van der Waals surface area contributed by atoms with E-state index in [1.54, 1.807) is 23.1 Å². The normalized spacial score (nSPS) is 16.7. The van der Waals surface area contributed by atoms with Gasteiger partial charge in [-0.25, -0.2) is 9.97 Å². The third kappa shape index (κ3) is 3.72. The highest BCUT2D eigenvalue weighted by molar-refractivity contribution is 7.99. The van der Waals surface area contributed by atoms with Gasteiger partial charge in [0.25, 0.3) is 0 Å². The van der Waals surface area contributed by atoms with Gasteiger partial charge in [-0.05, 0) is 24.0 Å². The van der Waals surface area contributed by atoms with Crippen molar-refractivity contribution < 1.29 is 4.74 Å². The zero-order valence-corrected chi connectivity index (χ0v) is 16.5. The maximum absolute atomic E-state index is 6.33. The predicted octanol–water partition coefficient (Wildman–Crippen LogP) is 4.85. The van der Waals surface area contributed by atoms with E-state index in [0.717, 1.165) is 46.8 Å². The Balaban J connectivity index is 1.52. The van der Waals surface area contributed by atoms with Crippen LogP contribution in [0.3, 0.4) is 0 Å². The van der Waals surface area contributed by atoms with Crippen LogP contribution in [0.5, 0.6) is 0 Å². The van der Waals surface area contributed by atoms with Crippen molar-refractivity contribution in [3.05, 3.63) is 46.3 Å². The minimum absolute atomic E-state index is 0.296. The summed E-state index contributed by atoms with van der Waals surface area (Å²) in [5, 5.41) is 1.83. The molecule has 2 aromatic heterocycles. The molecule has 6 heteroatoms. The molecule has 1 aliphatic heterocycles. The standard InChI is InChI=1S/C20H23N3OS2/c1-2-6-14-11-15-16(12-24-14)26-19-17(15)18(21)22-20(23-19)25-10-9-13-7-4-3-5-8-13/h3-5,7-8,14H,2,6,9-12H2,1H3,(H2,21,22,23)/t14-/m0/s1. The van der Waals surface area contributed by atoms with E-state index < -0.39 is 0 Å². The van der Waals surface area contributed by atoms with Crippen molar-refractivity contribution in [1.29, 1.82) is 0 Å². The van der Waals surface area contributed by atoms with Crippen LogP contribution in [0.15, 0.2) is 35.5 Å². The fraction of sp³-hybridized carbons (Fsp3) is 0.400. The van der Waals surface area contributed by atoms with Crippen molar-refractivity contribution >= 4 is 39.1 Å². The number of hydrogen-bond acceptors (Lipinski definition) is 6. The number of aromatic nitrogens is 2. The van der Waals surface area contributed by atoms with Crippen LogP contribution in [0.1, 0.15) is 35.8 Å². The first-order valence-electron chi connectivity index (χ1n) is 9.10. The van der Waals surface area contributed by atoms with Crippen LogP contribution in [-0.2, 0) is 24.2 Å². The van der Waals surface area contributed by atoms with E-state index in [1.165, 1.54) is 16.0 Å². The second-order valence-electron chi connectivity index (χ2n) is 6.59. The second-order valence-corrected chi connectivity index (χ2v) is 8.73. The molecule has 3 heterocycles. The van der Waals surface area contributed by atoms with Crippen molar-refractivity contribution in [2.75, 3.05) is 11.5 Å². The van der Waals surface area contributed by atoms with E-state index in [1.807, 2.05) is 6.07 Å². The van der Waals surface area contributed by atoms with Gasteiger partial charge in [-0.1, -0.05) is 55.4 Å². The summed E-state index contributed by atoms with van der Waals surface area (Å²) in [6.45, 7) is 2.87. The quantitative estimate of drug-likeness (QED) is 0.485. The van der Waals surface area contributed by atoms with Crippen LogP contribution in [0.4, 0.5) is 5.82 Å². The zero-order valence-electron chi connectivity index (χ0n) is 14.9. The molecular weight excluding hydrogens is 362 g/mol. The molecule has 1 aromatic carbocycles. The van der Waals surface area contributed by atoms with E-state index >= 15 is 0 Å². The monoisotopic (exact) mass is 385 g/mol. The lowest BCUT2D eigenvalue weighted by molar-refractivity contribution is 0.0254. The number of nitrogen functional groups attached to an aromatic ring is 1. The van der Waals surface area contributed by atoms with E-state index in [-0.39, 0.29) is 0 Å². The van der Waals surface area contributed by atoms with E-state index in [0.29, 0.717) is 18.5 Å². The number of nitrogens with zero attached hydrogens (tertiary/aromatic N) is 2. The largest absolute Gasteiger partial charge is 0.383 e. The smallest absolute Gasteiger partial charge is 0.190 e. The molecular formula is C20H23N3OS2. The molecule has 0 bridgehead atoms. The summed E-state index contributed by atoms with van der Waals surface area (Å²) < 4.78 is 5.97. The van der Waals surface area contributed by atoms with Gasteiger partial charge in [-0.2, -0.15) is 0 Å². The molecule has 0 saturated heterocycles. The van der Waals surface area contributed by atoms with Gasteiger partial charge in [0.05, 0.1) is 18.1 Å². The zero-order chi connectivity index (χ0) is 17.9. The average molecular weight is 386 g/mol. The SMILES string of the molecule is CCC[C@H]1Cc2c(sc3nc(SCCc4ccccc4)nc(N)c23)CO1. The minimum Gasteiger partial charge on any atom is -0.383 e. The van der Waals surface area contributed by atoms with Gasteiger partial charge < -0.3 is 10.5 Å². The number of thioether (sulfide) groups is 1.